The van der Waals surface area contributed by atoms with Gasteiger partial charge in [-0.05, 0) is 68.3 Å². The molecule has 10 heteroatoms. The topological polar surface area (TPSA) is 109 Å². The van der Waals surface area contributed by atoms with Gasteiger partial charge in [-0.3, -0.25) is 9.59 Å². The van der Waals surface area contributed by atoms with Crippen LogP contribution in [0.15, 0.2) is 63.4 Å². The van der Waals surface area contributed by atoms with Crippen LogP contribution in [0.3, 0.4) is 0 Å². The molecule has 32 heavy (non-hydrogen) atoms. The lowest BCUT2D eigenvalue weighted by molar-refractivity contribution is -0.120. The summed E-state index contributed by atoms with van der Waals surface area (Å²) in [5, 5.41) is 5.56. The van der Waals surface area contributed by atoms with E-state index in [2.05, 4.69) is 10.6 Å². The number of piperidine rings is 1. The maximum absolute atomic E-state index is 12.9. The van der Waals surface area contributed by atoms with E-state index < -0.39 is 15.9 Å². The molecular weight excluding hydrogens is 450 g/mol. The Hall–Kier alpha value is -2.95. The van der Waals surface area contributed by atoms with Gasteiger partial charge in [0, 0.05) is 29.3 Å². The number of rotatable bonds is 6. The zero-order valence-corrected chi connectivity index (χ0v) is 19.0. The molecular formula is C22H23N3O5S2. The number of thiophene rings is 1. The lowest BCUT2D eigenvalue weighted by Crippen LogP contribution is -2.43. The first-order valence-electron chi connectivity index (χ1n) is 10.2. The molecule has 1 aliphatic rings. The smallest absolute Gasteiger partial charge is 0.291 e. The number of amides is 2. The molecule has 0 bridgehead atoms. The van der Waals surface area contributed by atoms with E-state index >= 15 is 0 Å². The van der Waals surface area contributed by atoms with E-state index in [4.69, 9.17) is 4.42 Å². The number of carbonyl (C=O) groups excluding carboxylic acids is 2. The summed E-state index contributed by atoms with van der Waals surface area (Å²) in [7, 11) is -3.59. The molecule has 1 aliphatic heterocycles. The van der Waals surface area contributed by atoms with E-state index in [1.54, 1.807) is 48.5 Å². The van der Waals surface area contributed by atoms with Gasteiger partial charge in [-0.25, -0.2) is 8.42 Å². The van der Waals surface area contributed by atoms with Crippen LogP contribution in [0.5, 0.6) is 0 Å². The van der Waals surface area contributed by atoms with E-state index in [0.717, 1.165) is 4.88 Å². The number of carbonyl (C=O) groups is 2. The quantitative estimate of drug-likeness (QED) is 0.564. The molecule has 1 fully saturated rings. The number of nitrogens with zero attached hydrogens (tertiary/aromatic N) is 1. The molecule has 0 spiro atoms. The summed E-state index contributed by atoms with van der Waals surface area (Å²) in [6.07, 6.45) is 2.67. The molecule has 2 aromatic heterocycles. The van der Waals surface area contributed by atoms with Crippen molar-refractivity contribution < 1.29 is 22.4 Å². The maximum atomic E-state index is 12.9. The normalized spacial score (nSPS) is 17.1. The molecule has 168 valence electrons. The molecule has 3 aromatic rings. The predicted octanol–water partition coefficient (Wildman–Crippen LogP) is 3.94. The summed E-state index contributed by atoms with van der Waals surface area (Å²) in [6.45, 7) is 2.43. The average molecular weight is 474 g/mol. The highest BCUT2D eigenvalue weighted by Gasteiger charge is 2.34. The lowest BCUT2D eigenvalue weighted by Gasteiger charge is -2.30. The van der Waals surface area contributed by atoms with Crippen LogP contribution in [0.2, 0.25) is 0 Å². The van der Waals surface area contributed by atoms with Crippen molar-refractivity contribution in [3.63, 3.8) is 0 Å². The van der Waals surface area contributed by atoms with E-state index in [0.29, 0.717) is 35.0 Å². The summed E-state index contributed by atoms with van der Waals surface area (Å²) in [6, 6.07) is 13.3. The molecule has 8 nitrogen and oxygen atoms in total. The number of hydrogen-bond acceptors (Lipinski definition) is 6. The van der Waals surface area contributed by atoms with E-state index in [-0.39, 0.29) is 24.1 Å². The molecule has 1 unspecified atom stereocenters. The summed E-state index contributed by atoms with van der Waals surface area (Å²) in [4.78, 5) is 25.7. The highest BCUT2D eigenvalue weighted by atomic mass is 32.2. The SMILES string of the molecule is Cc1ccc(S(=O)(=O)N2CCCC(C(=O)Nc3ccc(NC(=O)c4ccco4)cc3)C2)s1. The molecule has 2 amide bonds. The second-order valence-electron chi connectivity index (χ2n) is 7.57. The molecule has 4 rings (SSSR count). The molecule has 1 atom stereocenters. The van der Waals surface area contributed by atoms with E-state index in [1.807, 2.05) is 6.92 Å². The summed E-state index contributed by atoms with van der Waals surface area (Å²) < 4.78 is 32.6. The van der Waals surface area contributed by atoms with Crippen LogP contribution in [0, 0.1) is 12.8 Å². The Bertz CT molecular complexity index is 1200. The third-order valence-electron chi connectivity index (χ3n) is 5.22. The van der Waals surface area contributed by atoms with Crippen LogP contribution in [-0.4, -0.2) is 37.6 Å². The molecule has 0 aliphatic carbocycles. The number of anilines is 2. The van der Waals surface area contributed by atoms with Gasteiger partial charge in [-0.15, -0.1) is 11.3 Å². The monoisotopic (exact) mass is 473 g/mol. The standard InChI is InChI=1S/C22H23N3O5S2/c1-15-6-11-20(31-15)32(28,29)25-12-2-4-16(14-25)21(26)23-17-7-9-18(10-8-17)24-22(27)19-5-3-13-30-19/h3,5-11,13,16H,2,4,12,14H2,1H3,(H,23,26)(H,24,27). The van der Waals surface area contributed by atoms with Gasteiger partial charge < -0.3 is 15.1 Å². The van der Waals surface area contributed by atoms with Crippen LogP contribution in [0.4, 0.5) is 11.4 Å². The third-order valence-corrected chi connectivity index (χ3v) is 8.55. The Morgan fingerprint density at radius 3 is 2.41 bits per heavy atom. The maximum Gasteiger partial charge on any atom is 0.291 e. The molecule has 2 N–H and O–H groups in total. The van der Waals surface area contributed by atoms with Crippen molar-refractivity contribution in [3.05, 3.63) is 65.4 Å². The summed E-state index contributed by atoms with van der Waals surface area (Å²) in [5.41, 5.74) is 1.13. The van der Waals surface area contributed by atoms with Crippen molar-refractivity contribution >= 4 is 44.5 Å². The van der Waals surface area contributed by atoms with Crippen LogP contribution in [0.1, 0.15) is 28.3 Å². The second kappa shape index (κ2) is 9.27. The third kappa shape index (κ3) is 4.93. The Morgan fingerprint density at radius 1 is 1.06 bits per heavy atom. The highest BCUT2D eigenvalue weighted by molar-refractivity contribution is 7.91. The van der Waals surface area contributed by atoms with Crippen molar-refractivity contribution in [3.8, 4) is 0 Å². The lowest BCUT2D eigenvalue weighted by atomic mass is 9.98. The largest absolute Gasteiger partial charge is 0.459 e. The van der Waals surface area contributed by atoms with Crippen molar-refractivity contribution in [2.75, 3.05) is 23.7 Å². The number of benzene rings is 1. The average Bonchev–Trinajstić information content (AvgIpc) is 3.47. The Kier molecular flexibility index (Phi) is 6.45. The number of furan rings is 1. The minimum atomic E-state index is -3.59. The van der Waals surface area contributed by atoms with Gasteiger partial charge in [0.2, 0.25) is 5.91 Å². The van der Waals surface area contributed by atoms with Crippen molar-refractivity contribution in [2.45, 2.75) is 24.0 Å². The number of nitrogens with one attached hydrogen (secondary N) is 2. The van der Waals surface area contributed by atoms with Gasteiger partial charge in [0.15, 0.2) is 5.76 Å². The summed E-state index contributed by atoms with van der Waals surface area (Å²) in [5.74, 6) is -0.814. The molecule has 0 saturated carbocycles. The van der Waals surface area contributed by atoms with Gasteiger partial charge >= 0.3 is 0 Å². The number of sulfonamides is 1. The van der Waals surface area contributed by atoms with Crippen LogP contribution in [-0.2, 0) is 14.8 Å². The summed E-state index contributed by atoms with van der Waals surface area (Å²) >= 11 is 1.24. The van der Waals surface area contributed by atoms with Crippen LogP contribution in [0.25, 0.3) is 0 Å². The Labute approximate surface area is 190 Å². The van der Waals surface area contributed by atoms with Gasteiger partial charge in [0.1, 0.15) is 4.21 Å². The van der Waals surface area contributed by atoms with Crippen LogP contribution < -0.4 is 10.6 Å². The molecule has 1 aromatic carbocycles. The van der Waals surface area contributed by atoms with Crippen molar-refractivity contribution in [1.82, 2.24) is 4.31 Å². The fourth-order valence-electron chi connectivity index (χ4n) is 3.53. The fourth-order valence-corrected chi connectivity index (χ4v) is 6.50. The first-order chi connectivity index (χ1) is 15.3. The zero-order chi connectivity index (χ0) is 22.7. The van der Waals surface area contributed by atoms with E-state index in [1.165, 1.54) is 21.9 Å². The predicted molar refractivity (Wildman–Crippen MR) is 122 cm³/mol. The zero-order valence-electron chi connectivity index (χ0n) is 17.4. The number of aryl methyl sites for hydroxylation is 1. The minimum absolute atomic E-state index is 0.155. The minimum Gasteiger partial charge on any atom is -0.459 e. The Morgan fingerprint density at radius 2 is 1.78 bits per heavy atom. The highest BCUT2D eigenvalue weighted by Crippen LogP contribution is 2.28. The van der Waals surface area contributed by atoms with Gasteiger partial charge in [-0.2, -0.15) is 4.31 Å². The first-order valence-corrected chi connectivity index (χ1v) is 12.4. The van der Waals surface area contributed by atoms with Crippen molar-refractivity contribution in [2.24, 2.45) is 5.92 Å². The van der Waals surface area contributed by atoms with Gasteiger partial charge in [-0.1, -0.05) is 0 Å². The molecule has 0 radical (unpaired) electrons. The first kappa shape index (κ1) is 22.3. The van der Waals surface area contributed by atoms with Gasteiger partial charge in [0.25, 0.3) is 15.9 Å². The van der Waals surface area contributed by atoms with Gasteiger partial charge in [0.05, 0.1) is 12.2 Å². The molecule has 1 saturated heterocycles. The van der Waals surface area contributed by atoms with Crippen molar-refractivity contribution in [1.29, 1.82) is 0 Å². The molecule has 3 heterocycles. The second-order valence-corrected chi connectivity index (χ2v) is 11.0. The van der Waals surface area contributed by atoms with Crippen LogP contribution >= 0.6 is 11.3 Å². The fraction of sp³-hybridized carbons (Fsp3) is 0.273. The van der Waals surface area contributed by atoms with E-state index in [9.17, 15) is 18.0 Å². The number of hydrogen-bond donors (Lipinski definition) is 2. The Balaban J connectivity index is 1.36.